The topological polar surface area (TPSA) is 97.4 Å². The summed E-state index contributed by atoms with van der Waals surface area (Å²) in [7, 11) is 1.38. The van der Waals surface area contributed by atoms with E-state index >= 15 is 0 Å². The number of benzene rings is 3. The van der Waals surface area contributed by atoms with Gasteiger partial charge in [0.15, 0.2) is 24.6 Å². The number of rotatable bonds is 7. The first-order chi connectivity index (χ1) is 17.1. The lowest BCUT2D eigenvalue weighted by atomic mass is 10.0. The lowest BCUT2D eigenvalue weighted by Crippen LogP contribution is -2.58. The van der Waals surface area contributed by atoms with E-state index in [1.54, 1.807) is 91.0 Å². The van der Waals surface area contributed by atoms with Crippen LogP contribution in [0.4, 0.5) is 0 Å². The Kier molecular flexibility index (Phi) is 7.87. The molecule has 0 spiro atoms. The summed E-state index contributed by atoms with van der Waals surface area (Å²) >= 11 is 0. The SMILES string of the molecule is CO[C@H]1OC[C@@H](OC(=O)c2ccccc2)[C@@H](OC(=O)c2ccccc2)[C@H]1OC(=O)c1ccccc1. The molecular weight excluding hydrogens is 452 g/mol. The maximum atomic E-state index is 12.9. The molecule has 4 atom stereocenters. The normalized spacial score (nSPS) is 21.5. The number of methoxy groups -OCH3 is 1. The first-order valence-corrected chi connectivity index (χ1v) is 11.0. The van der Waals surface area contributed by atoms with Crippen molar-refractivity contribution in [3.8, 4) is 0 Å². The number of carbonyl (C=O) groups excluding carboxylic acids is 3. The molecular formula is C27H24O8. The third kappa shape index (κ3) is 5.92. The van der Waals surface area contributed by atoms with Gasteiger partial charge in [0.1, 0.15) is 0 Å². The van der Waals surface area contributed by atoms with Crippen LogP contribution in [0.5, 0.6) is 0 Å². The Morgan fingerprint density at radius 1 is 0.629 bits per heavy atom. The lowest BCUT2D eigenvalue weighted by Gasteiger charge is -2.40. The average Bonchev–Trinajstić information content (AvgIpc) is 2.91. The second-order valence-electron chi connectivity index (χ2n) is 7.72. The minimum Gasteiger partial charge on any atom is -0.452 e. The third-order valence-corrected chi connectivity index (χ3v) is 5.39. The second-order valence-corrected chi connectivity index (χ2v) is 7.72. The molecule has 0 radical (unpaired) electrons. The van der Waals surface area contributed by atoms with Crippen LogP contribution < -0.4 is 0 Å². The van der Waals surface area contributed by atoms with Gasteiger partial charge in [0.2, 0.25) is 0 Å². The molecule has 0 unspecified atom stereocenters. The van der Waals surface area contributed by atoms with Crippen LogP contribution in [0.3, 0.4) is 0 Å². The smallest absolute Gasteiger partial charge is 0.338 e. The van der Waals surface area contributed by atoms with Gasteiger partial charge in [0, 0.05) is 7.11 Å². The highest BCUT2D eigenvalue weighted by molar-refractivity contribution is 5.91. The van der Waals surface area contributed by atoms with Crippen molar-refractivity contribution < 1.29 is 38.1 Å². The fourth-order valence-corrected chi connectivity index (χ4v) is 3.63. The van der Waals surface area contributed by atoms with E-state index in [4.69, 9.17) is 23.7 Å². The molecule has 0 bridgehead atoms. The Labute approximate surface area is 202 Å². The number of esters is 3. The summed E-state index contributed by atoms with van der Waals surface area (Å²) < 4.78 is 28.1. The summed E-state index contributed by atoms with van der Waals surface area (Å²) in [6.45, 7) is -0.136. The van der Waals surface area contributed by atoms with E-state index in [9.17, 15) is 14.4 Å². The number of ether oxygens (including phenoxy) is 5. The molecule has 4 rings (SSSR count). The quantitative estimate of drug-likeness (QED) is 0.376. The van der Waals surface area contributed by atoms with E-state index in [1.807, 2.05) is 0 Å². The molecule has 1 fully saturated rings. The van der Waals surface area contributed by atoms with Crippen molar-refractivity contribution in [2.24, 2.45) is 0 Å². The van der Waals surface area contributed by atoms with Crippen LogP contribution >= 0.6 is 0 Å². The minimum absolute atomic E-state index is 0.136. The molecule has 8 heteroatoms. The molecule has 8 nitrogen and oxygen atoms in total. The van der Waals surface area contributed by atoms with E-state index in [0.29, 0.717) is 11.1 Å². The van der Waals surface area contributed by atoms with Gasteiger partial charge < -0.3 is 23.7 Å². The summed E-state index contributed by atoms with van der Waals surface area (Å²) in [5.74, 6) is -1.98. The summed E-state index contributed by atoms with van der Waals surface area (Å²) in [5, 5.41) is 0. The van der Waals surface area contributed by atoms with Crippen molar-refractivity contribution in [1.29, 1.82) is 0 Å². The highest BCUT2D eigenvalue weighted by Crippen LogP contribution is 2.27. The predicted molar refractivity (Wildman–Crippen MR) is 124 cm³/mol. The van der Waals surface area contributed by atoms with Crippen LogP contribution in [0.25, 0.3) is 0 Å². The molecule has 1 aliphatic rings. The fraction of sp³-hybridized carbons (Fsp3) is 0.222. The van der Waals surface area contributed by atoms with Crippen LogP contribution in [-0.4, -0.2) is 56.2 Å². The zero-order valence-corrected chi connectivity index (χ0v) is 18.9. The summed E-state index contributed by atoms with van der Waals surface area (Å²) in [5.41, 5.74) is 0.889. The van der Waals surface area contributed by atoms with Crippen LogP contribution in [0.1, 0.15) is 31.1 Å². The van der Waals surface area contributed by atoms with Crippen molar-refractivity contribution in [2.45, 2.75) is 24.6 Å². The molecule has 0 N–H and O–H groups in total. The lowest BCUT2D eigenvalue weighted by molar-refractivity contribution is -0.260. The van der Waals surface area contributed by atoms with E-state index in [0.717, 1.165) is 0 Å². The van der Waals surface area contributed by atoms with Gasteiger partial charge >= 0.3 is 17.9 Å². The monoisotopic (exact) mass is 476 g/mol. The van der Waals surface area contributed by atoms with Crippen molar-refractivity contribution in [2.75, 3.05) is 13.7 Å². The summed E-state index contributed by atoms with van der Waals surface area (Å²) in [6, 6.07) is 25.0. The zero-order valence-electron chi connectivity index (χ0n) is 18.9. The maximum absolute atomic E-state index is 12.9. The van der Waals surface area contributed by atoms with Crippen LogP contribution in [0, 0.1) is 0 Å². The van der Waals surface area contributed by atoms with E-state index in [2.05, 4.69) is 0 Å². The zero-order chi connectivity index (χ0) is 24.6. The molecule has 3 aromatic carbocycles. The summed E-state index contributed by atoms with van der Waals surface area (Å²) in [4.78, 5) is 38.5. The first kappa shape index (κ1) is 24.1. The summed E-state index contributed by atoms with van der Waals surface area (Å²) in [6.07, 6.45) is -4.51. The molecule has 0 aromatic heterocycles. The molecule has 0 amide bonds. The van der Waals surface area contributed by atoms with E-state index < -0.39 is 42.5 Å². The first-order valence-electron chi connectivity index (χ1n) is 11.0. The van der Waals surface area contributed by atoms with Crippen LogP contribution in [0.15, 0.2) is 91.0 Å². The van der Waals surface area contributed by atoms with Gasteiger partial charge in [0.05, 0.1) is 23.3 Å². The Bertz CT molecular complexity index is 1130. The molecule has 1 aliphatic heterocycles. The van der Waals surface area contributed by atoms with Gasteiger partial charge in [-0.05, 0) is 36.4 Å². The Morgan fingerprint density at radius 2 is 1.03 bits per heavy atom. The number of hydrogen-bond acceptors (Lipinski definition) is 8. The largest absolute Gasteiger partial charge is 0.452 e. The van der Waals surface area contributed by atoms with Gasteiger partial charge in [-0.15, -0.1) is 0 Å². The van der Waals surface area contributed by atoms with Gasteiger partial charge in [0.25, 0.3) is 0 Å². The molecule has 35 heavy (non-hydrogen) atoms. The molecule has 3 aromatic rings. The molecule has 1 heterocycles. The van der Waals surface area contributed by atoms with Crippen molar-refractivity contribution >= 4 is 17.9 Å². The highest BCUT2D eigenvalue weighted by atomic mass is 16.7. The number of carbonyl (C=O) groups is 3. The highest BCUT2D eigenvalue weighted by Gasteiger charge is 2.48. The third-order valence-electron chi connectivity index (χ3n) is 5.39. The minimum atomic E-state index is -1.21. The molecule has 0 aliphatic carbocycles. The predicted octanol–water partition coefficient (Wildman–Crippen LogP) is 3.67. The fourth-order valence-electron chi connectivity index (χ4n) is 3.63. The van der Waals surface area contributed by atoms with Crippen LogP contribution in [0.2, 0.25) is 0 Å². The molecule has 0 saturated carbocycles. The van der Waals surface area contributed by atoms with Crippen molar-refractivity contribution in [3.05, 3.63) is 108 Å². The second kappa shape index (κ2) is 11.4. The number of hydrogen-bond donors (Lipinski definition) is 0. The van der Waals surface area contributed by atoms with Crippen molar-refractivity contribution in [3.63, 3.8) is 0 Å². The van der Waals surface area contributed by atoms with E-state index in [-0.39, 0.29) is 12.2 Å². The van der Waals surface area contributed by atoms with E-state index in [1.165, 1.54) is 7.11 Å². The van der Waals surface area contributed by atoms with Gasteiger partial charge in [-0.3, -0.25) is 0 Å². The Morgan fingerprint density at radius 3 is 1.46 bits per heavy atom. The van der Waals surface area contributed by atoms with Gasteiger partial charge in [-0.25, -0.2) is 14.4 Å². The van der Waals surface area contributed by atoms with Gasteiger partial charge in [-0.2, -0.15) is 0 Å². The van der Waals surface area contributed by atoms with Crippen LogP contribution in [-0.2, 0) is 23.7 Å². The average molecular weight is 476 g/mol. The van der Waals surface area contributed by atoms with Gasteiger partial charge in [-0.1, -0.05) is 54.6 Å². The Hall–Kier alpha value is -4.01. The standard InChI is InChI=1S/C27H24O8/c1-31-27-23(35-26(30)20-15-9-4-10-16-20)22(34-25(29)19-13-7-3-8-14-19)21(17-32-27)33-24(28)18-11-5-2-6-12-18/h2-16,21-23,27H,17H2,1H3/t21-,22-,23-,27+/m1/s1. The van der Waals surface area contributed by atoms with Crippen molar-refractivity contribution in [1.82, 2.24) is 0 Å². The Balaban J connectivity index is 1.62. The molecule has 180 valence electrons. The maximum Gasteiger partial charge on any atom is 0.338 e. The molecule has 1 saturated heterocycles.